The maximum absolute atomic E-state index is 14.1. The minimum Gasteiger partial charge on any atom is -0.409 e. The lowest BCUT2D eigenvalue weighted by Gasteiger charge is -2.21. The van der Waals surface area contributed by atoms with Gasteiger partial charge in [0.15, 0.2) is 5.84 Å². The van der Waals surface area contributed by atoms with Gasteiger partial charge in [-0.05, 0) is 30.3 Å². The smallest absolute Gasteiger partial charge is 0.170 e. The second-order valence-corrected chi connectivity index (χ2v) is 4.16. The van der Waals surface area contributed by atoms with Gasteiger partial charge in [0, 0.05) is 12.6 Å². The molecule has 0 bridgehead atoms. The molecule has 0 unspecified atom stereocenters. The summed E-state index contributed by atoms with van der Waals surface area (Å²) >= 11 is 0. The first kappa shape index (κ1) is 13.8. The summed E-state index contributed by atoms with van der Waals surface area (Å²) in [6.45, 7) is 0. The second-order valence-electron chi connectivity index (χ2n) is 4.16. The van der Waals surface area contributed by atoms with E-state index in [4.69, 9.17) is 10.9 Å². The lowest BCUT2D eigenvalue weighted by molar-refractivity contribution is 0.318. The highest BCUT2D eigenvalue weighted by Crippen LogP contribution is 2.28. The van der Waals surface area contributed by atoms with Crippen molar-refractivity contribution >= 4 is 17.2 Å². The van der Waals surface area contributed by atoms with Gasteiger partial charge in [0.05, 0.1) is 11.4 Å². The fraction of sp³-hybridized carbons (Fsp3) is 0.0714. The summed E-state index contributed by atoms with van der Waals surface area (Å²) in [4.78, 5) is 1.39. The fourth-order valence-electron chi connectivity index (χ4n) is 1.85. The van der Waals surface area contributed by atoms with Crippen molar-refractivity contribution in [2.45, 2.75) is 0 Å². The molecule has 0 spiro atoms. The molecule has 0 amide bonds. The average molecular weight is 277 g/mol. The van der Waals surface area contributed by atoms with Crippen molar-refractivity contribution < 1.29 is 14.0 Å². The summed E-state index contributed by atoms with van der Waals surface area (Å²) < 4.78 is 27.7. The van der Waals surface area contributed by atoms with E-state index in [2.05, 4.69) is 5.16 Å². The Kier molecular flexibility index (Phi) is 3.84. The largest absolute Gasteiger partial charge is 0.409 e. The molecule has 0 fully saturated rings. The van der Waals surface area contributed by atoms with E-state index < -0.39 is 11.6 Å². The summed E-state index contributed by atoms with van der Waals surface area (Å²) in [7, 11) is 1.56. The third kappa shape index (κ3) is 2.54. The quantitative estimate of drug-likeness (QED) is 0.392. The topological polar surface area (TPSA) is 61.8 Å². The van der Waals surface area contributed by atoms with E-state index >= 15 is 0 Å². The molecule has 2 rings (SSSR count). The van der Waals surface area contributed by atoms with Crippen molar-refractivity contribution in [3.05, 3.63) is 59.7 Å². The Morgan fingerprint density at radius 2 is 1.75 bits per heavy atom. The van der Waals surface area contributed by atoms with Crippen LogP contribution in [-0.2, 0) is 0 Å². The highest BCUT2D eigenvalue weighted by atomic mass is 19.1. The molecule has 0 aliphatic carbocycles. The van der Waals surface area contributed by atoms with Crippen LogP contribution in [0, 0.1) is 11.6 Å². The lowest BCUT2D eigenvalue weighted by Crippen LogP contribution is -2.16. The van der Waals surface area contributed by atoms with Gasteiger partial charge >= 0.3 is 0 Å². The molecule has 0 heterocycles. The third-order valence-electron chi connectivity index (χ3n) is 2.93. The molecular formula is C14H13F2N3O. The molecule has 0 aromatic heterocycles. The van der Waals surface area contributed by atoms with Crippen LogP contribution in [0.2, 0.25) is 0 Å². The van der Waals surface area contributed by atoms with E-state index in [1.165, 1.54) is 23.1 Å². The zero-order valence-corrected chi connectivity index (χ0v) is 10.7. The van der Waals surface area contributed by atoms with Crippen molar-refractivity contribution in [1.29, 1.82) is 0 Å². The number of nitrogens with two attached hydrogens (primary N) is 1. The Labute approximate surface area is 114 Å². The molecule has 0 saturated heterocycles. The summed E-state index contributed by atoms with van der Waals surface area (Å²) in [5.41, 5.74) is 6.07. The van der Waals surface area contributed by atoms with Crippen molar-refractivity contribution in [1.82, 2.24) is 0 Å². The molecule has 0 saturated carbocycles. The Morgan fingerprint density at radius 3 is 2.35 bits per heavy atom. The number of anilines is 2. The van der Waals surface area contributed by atoms with Crippen LogP contribution in [0.5, 0.6) is 0 Å². The van der Waals surface area contributed by atoms with Crippen LogP contribution in [0.15, 0.2) is 47.6 Å². The molecule has 0 radical (unpaired) electrons. The first-order valence-corrected chi connectivity index (χ1v) is 5.80. The Bertz CT molecular complexity index is 659. The summed E-state index contributed by atoms with van der Waals surface area (Å²) in [6.07, 6.45) is 0. The van der Waals surface area contributed by atoms with Crippen LogP contribution >= 0.6 is 0 Å². The number of benzene rings is 2. The molecule has 3 N–H and O–H groups in total. The van der Waals surface area contributed by atoms with E-state index in [-0.39, 0.29) is 22.8 Å². The van der Waals surface area contributed by atoms with Crippen LogP contribution in [0.1, 0.15) is 5.56 Å². The van der Waals surface area contributed by atoms with Gasteiger partial charge in [-0.1, -0.05) is 17.3 Å². The first-order valence-electron chi connectivity index (χ1n) is 5.80. The summed E-state index contributed by atoms with van der Waals surface area (Å²) in [6, 6.07) is 10.1. The second kappa shape index (κ2) is 5.56. The minimum absolute atomic E-state index is 0.185. The number of para-hydroxylation sites is 1. The zero-order valence-electron chi connectivity index (χ0n) is 10.7. The normalized spacial score (nSPS) is 11.4. The highest BCUT2D eigenvalue weighted by Gasteiger charge is 2.14. The number of amidine groups is 1. The maximum Gasteiger partial charge on any atom is 0.170 e. The highest BCUT2D eigenvalue weighted by molar-refractivity contribution is 5.97. The number of oxime groups is 1. The predicted molar refractivity (Wildman–Crippen MR) is 73.4 cm³/mol. The predicted octanol–water partition coefficient (Wildman–Crippen LogP) is 2.83. The Hall–Kier alpha value is -2.63. The molecule has 0 aliphatic rings. The number of halogens is 2. The molecular weight excluding hydrogens is 264 g/mol. The molecule has 6 heteroatoms. The van der Waals surface area contributed by atoms with Crippen LogP contribution in [0.25, 0.3) is 0 Å². The number of nitrogens with zero attached hydrogens (tertiary/aromatic N) is 2. The van der Waals surface area contributed by atoms with Crippen LogP contribution < -0.4 is 10.6 Å². The first-order chi connectivity index (χ1) is 9.54. The monoisotopic (exact) mass is 277 g/mol. The molecule has 0 atom stereocenters. The fourth-order valence-corrected chi connectivity index (χ4v) is 1.85. The maximum atomic E-state index is 14.1. The van der Waals surface area contributed by atoms with E-state index in [1.807, 2.05) is 0 Å². The SMILES string of the molecule is CN(c1ccccc1F)c1ccc(C(N)=NO)cc1F. The Morgan fingerprint density at radius 1 is 1.10 bits per heavy atom. The lowest BCUT2D eigenvalue weighted by atomic mass is 10.1. The van der Waals surface area contributed by atoms with Gasteiger partial charge in [-0.25, -0.2) is 8.78 Å². The van der Waals surface area contributed by atoms with Gasteiger partial charge in [0.2, 0.25) is 0 Å². The molecule has 4 nitrogen and oxygen atoms in total. The van der Waals surface area contributed by atoms with E-state index in [0.717, 1.165) is 6.07 Å². The van der Waals surface area contributed by atoms with E-state index in [9.17, 15) is 8.78 Å². The molecule has 2 aromatic carbocycles. The summed E-state index contributed by atoms with van der Waals surface area (Å²) in [5.74, 6) is -1.24. The van der Waals surface area contributed by atoms with Crippen molar-refractivity contribution in [2.75, 3.05) is 11.9 Å². The van der Waals surface area contributed by atoms with Crippen molar-refractivity contribution in [3.8, 4) is 0 Å². The van der Waals surface area contributed by atoms with Gasteiger partial charge in [0.25, 0.3) is 0 Å². The van der Waals surface area contributed by atoms with Gasteiger partial charge in [-0.2, -0.15) is 0 Å². The minimum atomic E-state index is -0.597. The molecule has 104 valence electrons. The van der Waals surface area contributed by atoms with Crippen molar-refractivity contribution in [2.24, 2.45) is 10.9 Å². The Balaban J connectivity index is 2.41. The standard InChI is InChI=1S/C14H13F2N3O/c1-19(12-5-3-2-4-10(12)15)13-7-6-9(8-11(13)16)14(17)18-20/h2-8,20H,1H3,(H2,17,18). The van der Waals surface area contributed by atoms with Gasteiger partial charge in [-0.3, -0.25) is 0 Å². The number of rotatable bonds is 3. The molecule has 2 aromatic rings. The van der Waals surface area contributed by atoms with E-state index in [1.54, 1.807) is 25.2 Å². The van der Waals surface area contributed by atoms with Crippen LogP contribution in [0.4, 0.5) is 20.2 Å². The average Bonchev–Trinajstić information content (AvgIpc) is 2.46. The number of hydrogen-bond acceptors (Lipinski definition) is 3. The van der Waals surface area contributed by atoms with Gasteiger partial charge in [0.1, 0.15) is 11.6 Å². The van der Waals surface area contributed by atoms with E-state index in [0.29, 0.717) is 0 Å². The molecule has 20 heavy (non-hydrogen) atoms. The zero-order chi connectivity index (χ0) is 14.7. The molecule has 0 aliphatic heterocycles. The van der Waals surface area contributed by atoms with Crippen LogP contribution in [0.3, 0.4) is 0 Å². The number of hydrogen-bond donors (Lipinski definition) is 2. The van der Waals surface area contributed by atoms with Crippen LogP contribution in [-0.4, -0.2) is 18.1 Å². The summed E-state index contributed by atoms with van der Waals surface area (Å²) in [5, 5.41) is 11.4. The van der Waals surface area contributed by atoms with Gasteiger partial charge in [-0.15, -0.1) is 0 Å². The third-order valence-corrected chi connectivity index (χ3v) is 2.93. The van der Waals surface area contributed by atoms with Gasteiger partial charge < -0.3 is 15.8 Å². The van der Waals surface area contributed by atoms with Crippen molar-refractivity contribution in [3.63, 3.8) is 0 Å².